The lowest BCUT2D eigenvalue weighted by Gasteiger charge is -2.00. The van der Waals surface area contributed by atoms with E-state index in [0.717, 1.165) is 5.56 Å². The number of aromatic nitrogens is 1. The maximum absolute atomic E-state index is 4.18. The molecule has 1 radical (unpaired) electrons. The first-order valence-electron chi connectivity index (χ1n) is 6.14. The van der Waals surface area contributed by atoms with Gasteiger partial charge in [0.2, 0.25) is 0 Å². The second-order valence-electron chi connectivity index (χ2n) is 4.48. The minimum atomic E-state index is 1.16. The molecule has 0 aliphatic carbocycles. The Kier molecular flexibility index (Phi) is 2.35. The summed E-state index contributed by atoms with van der Waals surface area (Å²) in [4.78, 5) is 4.18. The fourth-order valence-electron chi connectivity index (χ4n) is 2.38. The molecule has 4 rings (SSSR count). The molecule has 0 amide bonds. The molecule has 4 aromatic rings. The van der Waals surface area contributed by atoms with Crippen LogP contribution in [0.15, 0.2) is 60.9 Å². The van der Waals surface area contributed by atoms with Gasteiger partial charge in [-0.25, -0.2) is 0 Å². The van der Waals surface area contributed by atoms with Gasteiger partial charge in [0.25, 0.3) is 0 Å². The topological polar surface area (TPSA) is 12.9 Å². The lowest BCUT2D eigenvalue weighted by Crippen LogP contribution is -1.78. The third-order valence-electron chi connectivity index (χ3n) is 3.31. The van der Waals surface area contributed by atoms with Crippen LogP contribution in [0.4, 0.5) is 0 Å². The molecule has 0 spiro atoms. The number of hydrogen-bond donors (Lipinski definition) is 0. The van der Waals surface area contributed by atoms with Crippen LogP contribution in [0.25, 0.3) is 31.3 Å². The van der Waals surface area contributed by atoms with E-state index in [4.69, 9.17) is 0 Å². The molecule has 2 aromatic carbocycles. The van der Waals surface area contributed by atoms with Gasteiger partial charge in [0, 0.05) is 38.1 Å². The maximum atomic E-state index is 4.18. The van der Waals surface area contributed by atoms with Gasteiger partial charge in [-0.3, -0.25) is 4.98 Å². The number of thiophene rings is 1. The Morgan fingerprint density at radius 1 is 0.947 bits per heavy atom. The van der Waals surface area contributed by atoms with E-state index in [0.29, 0.717) is 0 Å². The van der Waals surface area contributed by atoms with Crippen LogP contribution in [0.1, 0.15) is 0 Å². The summed E-state index contributed by atoms with van der Waals surface area (Å²) in [7, 11) is 0. The molecule has 0 N–H and O–H groups in total. The highest BCUT2D eigenvalue weighted by Crippen LogP contribution is 2.35. The molecule has 0 unspecified atom stereocenters. The third kappa shape index (κ3) is 1.72. The third-order valence-corrected chi connectivity index (χ3v) is 4.44. The van der Waals surface area contributed by atoms with Crippen molar-refractivity contribution in [1.29, 1.82) is 0 Å². The summed E-state index contributed by atoms with van der Waals surface area (Å²) in [5, 5.41) is 2.60. The molecular weight excluding hydrogens is 250 g/mol. The molecule has 89 valence electrons. The van der Waals surface area contributed by atoms with Gasteiger partial charge in [-0.15, -0.1) is 11.3 Å². The summed E-state index contributed by atoms with van der Waals surface area (Å²) in [5.41, 5.74) is 2.38. The molecule has 0 saturated carbocycles. The molecule has 2 heteroatoms. The zero-order valence-electron chi connectivity index (χ0n) is 10.1. The van der Waals surface area contributed by atoms with Crippen LogP contribution in [0, 0.1) is 6.07 Å². The van der Waals surface area contributed by atoms with E-state index in [9.17, 15) is 0 Å². The molecule has 0 aliphatic heterocycles. The summed E-state index contributed by atoms with van der Waals surface area (Å²) in [6, 6.07) is 20.0. The number of nitrogens with zero attached hydrogens (tertiary/aromatic N) is 1. The van der Waals surface area contributed by atoms with Crippen LogP contribution in [0.3, 0.4) is 0 Å². The smallest absolute Gasteiger partial charge is 0.0361 e. The van der Waals surface area contributed by atoms with Crippen LogP contribution in [-0.4, -0.2) is 4.98 Å². The van der Waals surface area contributed by atoms with Crippen molar-refractivity contribution in [3.63, 3.8) is 0 Å². The second kappa shape index (κ2) is 4.18. The van der Waals surface area contributed by atoms with Crippen molar-refractivity contribution in [2.45, 2.75) is 0 Å². The number of benzene rings is 2. The Balaban J connectivity index is 1.99. The highest BCUT2D eigenvalue weighted by molar-refractivity contribution is 7.25. The molecule has 0 aliphatic rings. The largest absolute Gasteiger partial charge is 0.264 e. The lowest BCUT2D eigenvalue weighted by atomic mass is 10.1. The quantitative estimate of drug-likeness (QED) is 0.473. The first-order chi connectivity index (χ1) is 9.42. The minimum Gasteiger partial charge on any atom is -0.264 e. The summed E-state index contributed by atoms with van der Waals surface area (Å²) in [6.45, 7) is 0. The van der Waals surface area contributed by atoms with Crippen molar-refractivity contribution in [3.8, 4) is 11.1 Å². The van der Waals surface area contributed by atoms with E-state index in [1.165, 1.54) is 25.7 Å². The summed E-state index contributed by atoms with van der Waals surface area (Å²) in [5.74, 6) is 0. The number of hydrogen-bond acceptors (Lipinski definition) is 2. The zero-order valence-corrected chi connectivity index (χ0v) is 10.9. The maximum Gasteiger partial charge on any atom is 0.0361 e. The molecule has 1 nitrogen and oxygen atoms in total. The van der Waals surface area contributed by atoms with Crippen LogP contribution >= 0.6 is 11.3 Å². The number of rotatable bonds is 1. The molecule has 0 saturated heterocycles. The monoisotopic (exact) mass is 260 g/mol. The standard InChI is InChI=1S/C17H10NS/c1-2-6-16-14(5-1)15-8-7-12(10-17(15)19-16)13-4-3-9-18-11-13/h2-11H. The van der Waals surface area contributed by atoms with E-state index in [1.54, 1.807) is 6.20 Å². The van der Waals surface area contributed by atoms with Crippen LogP contribution in [0.5, 0.6) is 0 Å². The average molecular weight is 260 g/mol. The van der Waals surface area contributed by atoms with Gasteiger partial charge in [-0.1, -0.05) is 24.3 Å². The lowest BCUT2D eigenvalue weighted by molar-refractivity contribution is 1.33. The zero-order chi connectivity index (χ0) is 12.7. The molecular formula is C17H10NS. The van der Waals surface area contributed by atoms with Crippen LogP contribution in [-0.2, 0) is 0 Å². The Bertz CT molecular complexity index is 862. The van der Waals surface area contributed by atoms with Crippen molar-refractivity contribution in [3.05, 3.63) is 67.0 Å². The average Bonchev–Trinajstić information content (AvgIpc) is 2.86. The predicted molar refractivity (Wildman–Crippen MR) is 81.4 cm³/mol. The van der Waals surface area contributed by atoms with Gasteiger partial charge in [-0.2, -0.15) is 0 Å². The van der Waals surface area contributed by atoms with Crippen LogP contribution in [0.2, 0.25) is 0 Å². The highest BCUT2D eigenvalue weighted by atomic mass is 32.1. The van der Waals surface area contributed by atoms with E-state index in [2.05, 4.69) is 47.4 Å². The van der Waals surface area contributed by atoms with Gasteiger partial charge in [-0.05, 0) is 35.9 Å². The fourth-order valence-corrected chi connectivity index (χ4v) is 3.50. The SMILES string of the molecule is [c]1ccc2sc3cc(-c4cccnc4)ccc3c2c1. The summed E-state index contributed by atoms with van der Waals surface area (Å²) >= 11 is 1.83. The second-order valence-corrected chi connectivity index (χ2v) is 5.56. The molecule has 2 aromatic heterocycles. The predicted octanol–water partition coefficient (Wildman–Crippen LogP) is 4.92. The van der Waals surface area contributed by atoms with Gasteiger partial charge < -0.3 is 0 Å². The highest BCUT2D eigenvalue weighted by Gasteiger charge is 2.06. The van der Waals surface area contributed by atoms with Gasteiger partial charge >= 0.3 is 0 Å². The normalized spacial score (nSPS) is 11.2. The van der Waals surface area contributed by atoms with Crippen molar-refractivity contribution in [2.24, 2.45) is 0 Å². The van der Waals surface area contributed by atoms with Crippen molar-refractivity contribution in [1.82, 2.24) is 4.98 Å². The van der Waals surface area contributed by atoms with Crippen molar-refractivity contribution < 1.29 is 0 Å². The van der Waals surface area contributed by atoms with Gasteiger partial charge in [0.05, 0.1) is 0 Å². The van der Waals surface area contributed by atoms with E-state index in [1.807, 2.05) is 29.7 Å². The van der Waals surface area contributed by atoms with Crippen molar-refractivity contribution in [2.75, 3.05) is 0 Å². The fraction of sp³-hybridized carbons (Fsp3) is 0. The summed E-state index contributed by atoms with van der Waals surface area (Å²) in [6.07, 6.45) is 3.71. The van der Waals surface area contributed by atoms with E-state index < -0.39 is 0 Å². The summed E-state index contributed by atoms with van der Waals surface area (Å²) < 4.78 is 2.63. The van der Waals surface area contributed by atoms with E-state index in [-0.39, 0.29) is 0 Å². The van der Waals surface area contributed by atoms with Crippen molar-refractivity contribution >= 4 is 31.5 Å². The van der Waals surface area contributed by atoms with Gasteiger partial charge in [0.1, 0.15) is 0 Å². The first-order valence-corrected chi connectivity index (χ1v) is 6.96. The molecule has 19 heavy (non-hydrogen) atoms. The Labute approximate surface area is 115 Å². The Morgan fingerprint density at radius 3 is 2.84 bits per heavy atom. The first kappa shape index (κ1) is 10.7. The Morgan fingerprint density at radius 2 is 1.95 bits per heavy atom. The van der Waals surface area contributed by atoms with Crippen LogP contribution < -0.4 is 0 Å². The molecule has 0 atom stereocenters. The number of pyridine rings is 1. The molecule has 0 fully saturated rings. The molecule has 2 heterocycles. The minimum absolute atomic E-state index is 1.16. The molecule has 0 bridgehead atoms. The van der Waals surface area contributed by atoms with Gasteiger partial charge in [0.15, 0.2) is 0 Å². The van der Waals surface area contributed by atoms with E-state index >= 15 is 0 Å². The number of fused-ring (bicyclic) bond motifs is 3. The Hall–Kier alpha value is -2.19.